The number of fused-ring (bicyclic) bond motifs is 1. The van der Waals surface area contributed by atoms with E-state index in [0.29, 0.717) is 28.3 Å². The van der Waals surface area contributed by atoms with Gasteiger partial charge in [0.1, 0.15) is 12.0 Å². The Morgan fingerprint density at radius 3 is 2.71 bits per heavy atom. The summed E-state index contributed by atoms with van der Waals surface area (Å²) in [5.41, 5.74) is 8.19. The van der Waals surface area contributed by atoms with E-state index in [1.165, 1.54) is 17.3 Å². The molecule has 0 spiro atoms. The fourth-order valence-electron chi connectivity index (χ4n) is 3.74. The van der Waals surface area contributed by atoms with Gasteiger partial charge in [-0.3, -0.25) is 20.5 Å². The molecule has 2 aromatic rings. The Kier molecular flexibility index (Phi) is 6.92. The smallest absolute Gasteiger partial charge is 0.230 e. The monoisotopic (exact) mass is 456 g/mol. The van der Waals surface area contributed by atoms with Crippen LogP contribution in [0.25, 0.3) is 0 Å². The van der Waals surface area contributed by atoms with E-state index in [9.17, 15) is 4.79 Å². The van der Waals surface area contributed by atoms with Crippen LogP contribution < -0.4 is 21.1 Å². The number of benzene rings is 2. The number of thioether (sulfide) groups is 1. The van der Waals surface area contributed by atoms with Crippen LogP contribution in [-0.2, 0) is 11.2 Å². The second-order valence-electron chi connectivity index (χ2n) is 7.51. The maximum Gasteiger partial charge on any atom is 0.230 e. The first-order valence-electron chi connectivity index (χ1n) is 10.2. The number of amides is 1. The van der Waals surface area contributed by atoms with Crippen molar-refractivity contribution in [3.63, 3.8) is 0 Å². The van der Waals surface area contributed by atoms with Gasteiger partial charge in [0.2, 0.25) is 5.91 Å². The average Bonchev–Trinajstić information content (AvgIpc) is 3.15. The van der Waals surface area contributed by atoms with Crippen LogP contribution in [0.4, 0.5) is 5.69 Å². The van der Waals surface area contributed by atoms with Gasteiger partial charge in [-0.05, 0) is 31.0 Å². The highest BCUT2D eigenvalue weighted by molar-refractivity contribution is 8.14. The number of aliphatic imine (C=N–C) groups is 1. The van der Waals surface area contributed by atoms with Crippen molar-refractivity contribution in [3.8, 4) is 0 Å². The summed E-state index contributed by atoms with van der Waals surface area (Å²) in [4.78, 5) is 19.0. The minimum atomic E-state index is -0.245. The molecule has 0 bridgehead atoms. The Labute approximate surface area is 191 Å². The standard InChI is InChI=1S/C22H25ClN6OS/c1-14-19-20(24)29(17-10-6-5-9-16(17)23)22(26-21(19)28-27-14)31-13-18(30)25-12-11-15-7-3-2-4-8-15/h2-10,14,19,21,24,27-28H,11-13H2,1H3,(H,25,30). The molecule has 162 valence electrons. The lowest BCUT2D eigenvalue weighted by molar-refractivity contribution is -0.118. The molecule has 1 fully saturated rings. The molecular weight excluding hydrogens is 432 g/mol. The van der Waals surface area contributed by atoms with Crippen molar-refractivity contribution in [1.29, 1.82) is 5.41 Å². The van der Waals surface area contributed by atoms with Crippen LogP contribution in [0.5, 0.6) is 0 Å². The SMILES string of the molecule is CC1NNC2N=C(SCC(=O)NCCc3ccccc3)N(c3ccccc3Cl)C(=N)C12. The lowest BCUT2D eigenvalue weighted by Crippen LogP contribution is -2.50. The minimum absolute atomic E-state index is 0.0547. The molecule has 2 heterocycles. The van der Waals surface area contributed by atoms with Crippen LogP contribution in [0.3, 0.4) is 0 Å². The second kappa shape index (κ2) is 9.82. The molecule has 3 atom stereocenters. The maximum atomic E-state index is 12.4. The Hall–Kier alpha value is -2.39. The molecule has 4 rings (SSSR count). The molecule has 0 aromatic heterocycles. The van der Waals surface area contributed by atoms with Gasteiger partial charge in [0.15, 0.2) is 5.17 Å². The van der Waals surface area contributed by atoms with Crippen LogP contribution in [0.15, 0.2) is 59.6 Å². The zero-order valence-electron chi connectivity index (χ0n) is 17.1. The van der Waals surface area contributed by atoms with Crippen molar-refractivity contribution in [1.82, 2.24) is 16.2 Å². The Balaban J connectivity index is 1.44. The zero-order valence-corrected chi connectivity index (χ0v) is 18.7. The van der Waals surface area contributed by atoms with E-state index in [1.807, 2.05) is 55.5 Å². The van der Waals surface area contributed by atoms with Gasteiger partial charge in [0.25, 0.3) is 0 Å². The van der Waals surface area contributed by atoms with Gasteiger partial charge in [0, 0.05) is 12.6 Å². The van der Waals surface area contributed by atoms with Crippen LogP contribution in [0, 0.1) is 11.3 Å². The van der Waals surface area contributed by atoms with E-state index in [4.69, 9.17) is 22.0 Å². The number of anilines is 1. The molecule has 4 N–H and O–H groups in total. The maximum absolute atomic E-state index is 12.4. The molecule has 0 aliphatic carbocycles. The summed E-state index contributed by atoms with van der Waals surface area (Å²) in [6.07, 6.45) is 0.538. The van der Waals surface area contributed by atoms with Crippen molar-refractivity contribution in [2.75, 3.05) is 17.2 Å². The van der Waals surface area contributed by atoms with Crippen LogP contribution in [-0.4, -0.2) is 41.4 Å². The molecule has 3 unspecified atom stereocenters. The Morgan fingerprint density at radius 1 is 1.19 bits per heavy atom. The van der Waals surface area contributed by atoms with Gasteiger partial charge >= 0.3 is 0 Å². The number of halogens is 1. The third-order valence-electron chi connectivity index (χ3n) is 5.34. The van der Waals surface area contributed by atoms with Crippen LogP contribution in [0.2, 0.25) is 5.02 Å². The Bertz CT molecular complexity index is 985. The van der Waals surface area contributed by atoms with Crippen molar-refractivity contribution in [3.05, 3.63) is 65.2 Å². The normalized spacial score (nSPS) is 22.8. The van der Waals surface area contributed by atoms with E-state index in [0.717, 1.165) is 6.42 Å². The highest BCUT2D eigenvalue weighted by Crippen LogP contribution is 2.34. The minimum Gasteiger partial charge on any atom is -0.355 e. The number of hydrazine groups is 1. The summed E-state index contributed by atoms with van der Waals surface area (Å²) in [7, 11) is 0. The molecule has 9 heteroatoms. The lowest BCUT2D eigenvalue weighted by atomic mass is 9.97. The van der Waals surface area contributed by atoms with E-state index in [2.05, 4.69) is 16.2 Å². The molecule has 2 aromatic carbocycles. The number of carbonyl (C=O) groups excluding carboxylic acids is 1. The molecule has 7 nitrogen and oxygen atoms in total. The molecule has 0 radical (unpaired) electrons. The van der Waals surface area contributed by atoms with Gasteiger partial charge in [-0.25, -0.2) is 10.4 Å². The lowest BCUT2D eigenvalue weighted by Gasteiger charge is -2.36. The molecule has 2 aliphatic rings. The summed E-state index contributed by atoms with van der Waals surface area (Å²) in [5.74, 6) is 0.426. The molecule has 31 heavy (non-hydrogen) atoms. The molecule has 0 saturated carbocycles. The number of nitrogens with one attached hydrogen (secondary N) is 4. The van der Waals surface area contributed by atoms with Gasteiger partial charge in [0.05, 0.1) is 22.4 Å². The summed E-state index contributed by atoms with van der Waals surface area (Å²) in [6, 6.07) is 17.5. The molecule has 1 amide bonds. The van der Waals surface area contributed by atoms with Gasteiger partial charge in [-0.2, -0.15) is 0 Å². The number of hydrogen-bond acceptors (Lipinski definition) is 6. The fraction of sp³-hybridized carbons (Fsp3) is 0.318. The summed E-state index contributed by atoms with van der Waals surface area (Å²) >= 11 is 7.76. The van der Waals surface area contributed by atoms with Crippen molar-refractivity contribution in [2.24, 2.45) is 10.9 Å². The third-order valence-corrected chi connectivity index (χ3v) is 6.61. The number of hydrogen-bond donors (Lipinski definition) is 4. The van der Waals surface area contributed by atoms with Crippen molar-refractivity contribution in [2.45, 2.75) is 25.6 Å². The van der Waals surface area contributed by atoms with Crippen molar-refractivity contribution >= 4 is 46.0 Å². The van der Waals surface area contributed by atoms with Crippen molar-refractivity contribution < 1.29 is 4.79 Å². The number of rotatable bonds is 6. The quantitative estimate of drug-likeness (QED) is 0.536. The van der Waals surface area contributed by atoms with E-state index in [-0.39, 0.29) is 29.8 Å². The summed E-state index contributed by atoms with van der Waals surface area (Å²) in [6.45, 7) is 2.60. The Morgan fingerprint density at radius 2 is 1.94 bits per heavy atom. The van der Waals surface area contributed by atoms with E-state index in [1.54, 1.807) is 11.0 Å². The second-order valence-corrected chi connectivity index (χ2v) is 8.86. The summed E-state index contributed by atoms with van der Waals surface area (Å²) < 4.78 is 0. The average molecular weight is 457 g/mol. The van der Waals surface area contributed by atoms with Gasteiger partial charge < -0.3 is 5.32 Å². The fourth-order valence-corrected chi connectivity index (χ4v) is 4.83. The molecular formula is C22H25ClN6OS. The molecule has 1 saturated heterocycles. The van der Waals surface area contributed by atoms with Gasteiger partial charge in [-0.15, -0.1) is 0 Å². The highest BCUT2D eigenvalue weighted by atomic mass is 35.5. The highest BCUT2D eigenvalue weighted by Gasteiger charge is 2.44. The number of para-hydroxylation sites is 1. The predicted molar refractivity (Wildman–Crippen MR) is 128 cm³/mol. The number of amidine groups is 2. The third kappa shape index (κ3) is 4.93. The topological polar surface area (TPSA) is 92.6 Å². The summed E-state index contributed by atoms with van der Waals surface area (Å²) in [5, 5.41) is 12.9. The van der Waals surface area contributed by atoms with E-state index >= 15 is 0 Å². The largest absolute Gasteiger partial charge is 0.355 e. The zero-order chi connectivity index (χ0) is 21.8. The van der Waals surface area contributed by atoms with Gasteiger partial charge in [-0.1, -0.05) is 65.8 Å². The molecule has 2 aliphatic heterocycles. The first-order chi connectivity index (χ1) is 15.0. The number of carbonyl (C=O) groups is 1. The first kappa shape index (κ1) is 21.8. The van der Waals surface area contributed by atoms with E-state index < -0.39 is 0 Å². The van der Waals surface area contributed by atoms with Crippen LogP contribution in [0.1, 0.15) is 12.5 Å². The predicted octanol–water partition coefficient (Wildman–Crippen LogP) is 3.02. The van der Waals surface area contributed by atoms with Crippen LogP contribution >= 0.6 is 23.4 Å². The number of nitrogens with zero attached hydrogens (tertiary/aromatic N) is 2. The first-order valence-corrected chi connectivity index (χ1v) is 11.6.